The first-order valence-electron chi connectivity index (χ1n) is 11.4. The van der Waals surface area contributed by atoms with Crippen LogP contribution in [-0.2, 0) is 0 Å². The van der Waals surface area contributed by atoms with Gasteiger partial charge in [-0.25, -0.2) is 4.98 Å². The summed E-state index contributed by atoms with van der Waals surface area (Å²) < 4.78 is 6.38. The van der Waals surface area contributed by atoms with E-state index in [1.165, 1.54) is 0 Å². The van der Waals surface area contributed by atoms with E-state index >= 15 is 0 Å². The van der Waals surface area contributed by atoms with Crippen LogP contribution in [-0.4, -0.2) is 62.2 Å². The number of hydrogen-bond acceptors (Lipinski definition) is 6. The van der Waals surface area contributed by atoms with Crippen LogP contribution in [0.5, 0.6) is 5.75 Å². The molecule has 0 unspecified atom stereocenters. The number of hydrogen-bond donors (Lipinski definition) is 0. The highest BCUT2D eigenvalue weighted by atomic mass is 32.1. The molecule has 7 heteroatoms. The van der Waals surface area contributed by atoms with Gasteiger partial charge in [0.2, 0.25) is 0 Å². The molecule has 0 spiro atoms. The third-order valence-electron chi connectivity index (χ3n) is 5.84. The summed E-state index contributed by atoms with van der Waals surface area (Å²) in [7, 11) is 1.65. The average Bonchev–Trinajstić information content (AvgIpc) is 3.25. The molecule has 0 bridgehead atoms. The van der Waals surface area contributed by atoms with Gasteiger partial charge in [-0.1, -0.05) is 25.2 Å². The summed E-state index contributed by atoms with van der Waals surface area (Å²) in [6.45, 7) is 13.7. The number of nitrogens with zero attached hydrogens (tertiary/aromatic N) is 4. The van der Waals surface area contributed by atoms with E-state index in [9.17, 15) is 4.79 Å². The van der Waals surface area contributed by atoms with Crippen LogP contribution in [0.4, 0.5) is 10.8 Å². The van der Waals surface area contributed by atoms with Crippen LogP contribution < -0.4 is 14.5 Å². The molecule has 0 N–H and O–H groups in total. The van der Waals surface area contributed by atoms with Crippen molar-refractivity contribution in [1.82, 2.24) is 9.88 Å². The Morgan fingerprint density at radius 2 is 1.62 bits per heavy atom. The zero-order valence-corrected chi connectivity index (χ0v) is 20.6. The zero-order valence-electron chi connectivity index (χ0n) is 19.8. The lowest BCUT2D eigenvalue weighted by Crippen LogP contribution is -2.38. The van der Waals surface area contributed by atoms with Gasteiger partial charge in [-0.3, -0.25) is 9.69 Å². The van der Waals surface area contributed by atoms with Crippen LogP contribution in [0.15, 0.2) is 42.5 Å². The van der Waals surface area contributed by atoms with E-state index in [-0.39, 0.29) is 5.91 Å². The summed E-state index contributed by atoms with van der Waals surface area (Å²) in [4.78, 5) is 24.8. The Labute approximate surface area is 195 Å². The Balaban J connectivity index is 1.92. The maximum absolute atomic E-state index is 13.6. The minimum Gasteiger partial charge on any atom is -0.497 e. The molecule has 1 amide bonds. The van der Waals surface area contributed by atoms with E-state index < -0.39 is 0 Å². The molecule has 0 saturated heterocycles. The highest BCUT2D eigenvalue weighted by Gasteiger charge is 2.22. The number of carbonyl (C=O) groups excluding carboxylic acids is 1. The van der Waals surface area contributed by atoms with Crippen molar-refractivity contribution in [3.63, 3.8) is 0 Å². The number of amides is 1. The van der Waals surface area contributed by atoms with Gasteiger partial charge in [-0.2, -0.15) is 0 Å². The van der Waals surface area contributed by atoms with Gasteiger partial charge in [0.15, 0.2) is 5.13 Å². The summed E-state index contributed by atoms with van der Waals surface area (Å²) in [6, 6.07) is 13.8. The first-order chi connectivity index (χ1) is 15.5. The van der Waals surface area contributed by atoms with Gasteiger partial charge in [-0.05, 0) is 63.3 Å². The lowest BCUT2D eigenvalue weighted by atomic mass is 10.1. The Bertz CT molecular complexity index is 1010. The minimum atomic E-state index is -0.0192. The minimum absolute atomic E-state index is 0.0192. The molecule has 3 aromatic rings. The van der Waals surface area contributed by atoms with E-state index in [1.807, 2.05) is 47.4 Å². The molecule has 0 atom stereocenters. The Hall–Kier alpha value is -2.64. The summed E-state index contributed by atoms with van der Waals surface area (Å²) in [5.74, 6) is 0.747. The third kappa shape index (κ3) is 5.40. The van der Waals surface area contributed by atoms with Gasteiger partial charge in [0.25, 0.3) is 5.91 Å². The SMILES string of the molecule is CCN(CC)CCN(C(=O)c1ccc(N(CC)CC)cc1)c1nc2cc(OC)ccc2s1. The molecule has 1 aromatic heterocycles. The molecule has 0 aliphatic rings. The fourth-order valence-corrected chi connectivity index (χ4v) is 4.73. The number of rotatable bonds is 11. The molecule has 0 fully saturated rings. The van der Waals surface area contributed by atoms with Crippen molar-refractivity contribution in [2.75, 3.05) is 56.2 Å². The zero-order chi connectivity index (χ0) is 23.1. The fourth-order valence-electron chi connectivity index (χ4n) is 3.76. The van der Waals surface area contributed by atoms with E-state index in [0.717, 1.165) is 59.5 Å². The quantitative estimate of drug-likeness (QED) is 0.401. The molecule has 1 heterocycles. The molecule has 172 valence electrons. The highest BCUT2D eigenvalue weighted by molar-refractivity contribution is 7.22. The van der Waals surface area contributed by atoms with Crippen LogP contribution in [0.1, 0.15) is 38.1 Å². The van der Waals surface area contributed by atoms with Crippen LogP contribution in [0.3, 0.4) is 0 Å². The summed E-state index contributed by atoms with van der Waals surface area (Å²) >= 11 is 1.54. The average molecular weight is 455 g/mol. The number of aromatic nitrogens is 1. The number of benzene rings is 2. The van der Waals surface area contributed by atoms with E-state index in [4.69, 9.17) is 9.72 Å². The number of carbonyl (C=O) groups is 1. The standard InChI is InChI=1S/C25H34N4O2S/c1-6-27(7-2)16-17-29(25-26-22-18-21(31-5)14-15-23(22)32-25)24(30)19-10-12-20(13-11-19)28(8-3)9-4/h10-15,18H,6-9,16-17H2,1-5H3. The lowest BCUT2D eigenvalue weighted by Gasteiger charge is -2.25. The number of anilines is 2. The number of thiazole rings is 1. The molecule has 0 saturated carbocycles. The maximum Gasteiger partial charge on any atom is 0.260 e. The smallest absolute Gasteiger partial charge is 0.260 e. The molecular formula is C25H34N4O2S. The monoisotopic (exact) mass is 454 g/mol. The molecule has 0 aliphatic carbocycles. The summed E-state index contributed by atoms with van der Waals surface area (Å²) in [5, 5.41) is 0.721. The van der Waals surface area contributed by atoms with Crippen molar-refractivity contribution in [2.24, 2.45) is 0 Å². The molecule has 6 nitrogen and oxygen atoms in total. The normalized spacial score (nSPS) is 11.2. The van der Waals surface area contributed by atoms with E-state index in [0.29, 0.717) is 12.1 Å². The molecular weight excluding hydrogens is 420 g/mol. The Morgan fingerprint density at radius 3 is 2.22 bits per heavy atom. The van der Waals surface area contributed by atoms with Gasteiger partial charge >= 0.3 is 0 Å². The second kappa shape index (κ2) is 11.3. The summed E-state index contributed by atoms with van der Waals surface area (Å²) in [6.07, 6.45) is 0. The number of ether oxygens (including phenoxy) is 1. The van der Waals surface area contributed by atoms with Crippen molar-refractivity contribution >= 4 is 38.3 Å². The van der Waals surface area contributed by atoms with Gasteiger partial charge in [0.05, 0.1) is 17.3 Å². The van der Waals surface area contributed by atoms with Crippen molar-refractivity contribution in [3.05, 3.63) is 48.0 Å². The second-order valence-corrected chi connectivity index (χ2v) is 8.54. The van der Waals surface area contributed by atoms with Crippen molar-refractivity contribution in [3.8, 4) is 5.75 Å². The van der Waals surface area contributed by atoms with Crippen LogP contribution in [0.25, 0.3) is 10.2 Å². The van der Waals surface area contributed by atoms with Crippen LogP contribution >= 0.6 is 11.3 Å². The van der Waals surface area contributed by atoms with Gasteiger partial charge in [-0.15, -0.1) is 0 Å². The predicted octanol–water partition coefficient (Wildman–Crippen LogP) is 5.14. The Kier molecular flexibility index (Phi) is 8.47. The highest BCUT2D eigenvalue weighted by Crippen LogP contribution is 2.32. The molecule has 32 heavy (non-hydrogen) atoms. The summed E-state index contributed by atoms with van der Waals surface area (Å²) in [5.41, 5.74) is 2.66. The number of likely N-dealkylation sites (N-methyl/N-ethyl adjacent to an activating group) is 1. The molecule has 0 radical (unpaired) electrons. The van der Waals surface area contributed by atoms with Crippen molar-refractivity contribution in [2.45, 2.75) is 27.7 Å². The van der Waals surface area contributed by atoms with Crippen molar-refractivity contribution in [1.29, 1.82) is 0 Å². The first kappa shape index (κ1) is 24.0. The third-order valence-corrected chi connectivity index (χ3v) is 6.90. The first-order valence-corrected chi connectivity index (χ1v) is 12.2. The van der Waals surface area contributed by atoms with Gasteiger partial charge in [0.1, 0.15) is 5.75 Å². The fraction of sp³-hybridized carbons (Fsp3) is 0.440. The number of fused-ring (bicyclic) bond motifs is 1. The Morgan fingerprint density at radius 1 is 0.938 bits per heavy atom. The van der Waals surface area contributed by atoms with Crippen molar-refractivity contribution < 1.29 is 9.53 Å². The predicted molar refractivity (Wildman–Crippen MR) is 136 cm³/mol. The maximum atomic E-state index is 13.6. The van der Waals surface area contributed by atoms with Gasteiger partial charge in [0, 0.05) is 43.5 Å². The second-order valence-electron chi connectivity index (χ2n) is 7.53. The molecule has 0 aliphatic heterocycles. The lowest BCUT2D eigenvalue weighted by molar-refractivity contribution is 0.0984. The molecule has 3 rings (SSSR count). The largest absolute Gasteiger partial charge is 0.497 e. The molecule has 2 aromatic carbocycles. The van der Waals surface area contributed by atoms with E-state index in [2.05, 4.69) is 37.5 Å². The van der Waals surface area contributed by atoms with E-state index in [1.54, 1.807) is 18.4 Å². The van der Waals surface area contributed by atoms with Gasteiger partial charge < -0.3 is 14.5 Å². The number of methoxy groups -OCH3 is 1. The van der Waals surface area contributed by atoms with Crippen LogP contribution in [0, 0.1) is 0 Å². The van der Waals surface area contributed by atoms with Crippen LogP contribution in [0.2, 0.25) is 0 Å². The topological polar surface area (TPSA) is 48.9 Å².